The summed E-state index contributed by atoms with van der Waals surface area (Å²) in [5, 5.41) is 18.3. The van der Waals surface area contributed by atoms with E-state index in [4.69, 9.17) is 5.26 Å². The largest absolute Gasteiger partial charge is 0.307 e. The van der Waals surface area contributed by atoms with E-state index in [-0.39, 0.29) is 5.56 Å². The number of aromatic nitrogens is 3. The number of aryl methyl sites for hydroxylation is 1. The number of anilines is 1. The molecule has 6 nitrogen and oxygen atoms in total. The van der Waals surface area contributed by atoms with Crippen molar-refractivity contribution in [3.05, 3.63) is 70.6 Å². The zero-order valence-electron chi connectivity index (χ0n) is 15.0. The molecule has 2 N–H and O–H groups in total. The minimum atomic E-state index is -0.982. The number of nitrogens with zero attached hydrogens (tertiary/aromatic N) is 3. The number of nitriles is 1. The van der Waals surface area contributed by atoms with E-state index in [9.17, 15) is 13.6 Å². The highest BCUT2D eigenvalue weighted by Gasteiger charge is 2.14. The molecule has 0 spiro atoms. The summed E-state index contributed by atoms with van der Waals surface area (Å²) in [5.74, 6) is -2.05. The van der Waals surface area contributed by atoms with Gasteiger partial charge in [0.05, 0.1) is 5.69 Å². The summed E-state index contributed by atoms with van der Waals surface area (Å²) >= 11 is 0. The SMILES string of the molecule is Cc1cnccc1-c1n[nH]c(NC(=O)C=Cc2cc(F)c(C#N)c(F)c2)c1C. The molecular formula is C20H15F2N5O. The first kappa shape index (κ1) is 18.9. The van der Waals surface area contributed by atoms with Crippen molar-refractivity contribution in [2.24, 2.45) is 0 Å². The van der Waals surface area contributed by atoms with Crippen molar-refractivity contribution in [2.45, 2.75) is 13.8 Å². The maximum absolute atomic E-state index is 13.6. The molecule has 0 unspecified atom stereocenters. The highest BCUT2D eigenvalue weighted by molar-refractivity contribution is 6.02. The number of carbonyl (C=O) groups is 1. The van der Waals surface area contributed by atoms with Gasteiger partial charge in [-0.3, -0.25) is 14.9 Å². The first-order chi connectivity index (χ1) is 13.4. The van der Waals surface area contributed by atoms with E-state index in [1.165, 1.54) is 12.1 Å². The van der Waals surface area contributed by atoms with Crippen molar-refractivity contribution in [3.8, 4) is 17.3 Å². The van der Waals surface area contributed by atoms with Crippen LogP contribution >= 0.6 is 0 Å². The molecule has 0 aliphatic rings. The molecule has 2 heterocycles. The molecule has 0 saturated carbocycles. The molecule has 0 atom stereocenters. The number of hydrogen-bond acceptors (Lipinski definition) is 4. The Morgan fingerprint density at radius 3 is 2.64 bits per heavy atom. The van der Waals surface area contributed by atoms with Gasteiger partial charge in [0.15, 0.2) is 0 Å². The van der Waals surface area contributed by atoms with E-state index in [0.717, 1.165) is 34.9 Å². The van der Waals surface area contributed by atoms with Crippen LogP contribution in [-0.4, -0.2) is 21.1 Å². The maximum atomic E-state index is 13.6. The first-order valence-electron chi connectivity index (χ1n) is 8.25. The normalized spacial score (nSPS) is 10.8. The maximum Gasteiger partial charge on any atom is 0.249 e. The number of rotatable bonds is 4. The molecule has 0 bridgehead atoms. The third-order valence-electron chi connectivity index (χ3n) is 4.14. The number of amides is 1. The summed E-state index contributed by atoms with van der Waals surface area (Å²) in [6.45, 7) is 3.72. The van der Waals surface area contributed by atoms with Crippen molar-refractivity contribution in [3.63, 3.8) is 0 Å². The standard InChI is InChI=1S/C20H15F2N5O/c1-11-10-24-6-5-14(11)19-12(2)20(27-26-19)25-18(28)4-3-13-7-16(21)15(9-23)17(22)8-13/h3-8,10H,1-2H3,(H2,25,26,27,28). The summed E-state index contributed by atoms with van der Waals surface area (Å²) in [6, 6.07) is 5.24. The average molecular weight is 379 g/mol. The number of pyridine rings is 1. The Morgan fingerprint density at radius 2 is 2.00 bits per heavy atom. The average Bonchev–Trinajstić information content (AvgIpc) is 3.00. The van der Waals surface area contributed by atoms with Crippen LogP contribution in [0.1, 0.15) is 22.3 Å². The molecular weight excluding hydrogens is 364 g/mol. The van der Waals surface area contributed by atoms with Crippen molar-refractivity contribution in [1.82, 2.24) is 15.2 Å². The Balaban J connectivity index is 1.77. The molecule has 3 aromatic rings. The lowest BCUT2D eigenvalue weighted by Crippen LogP contribution is -2.09. The van der Waals surface area contributed by atoms with Gasteiger partial charge in [0.25, 0.3) is 0 Å². The molecule has 0 saturated heterocycles. The number of benzene rings is 1. The lowest BCUT2D eigenvalue weighted by molar-refractivity contribution is -0.111. The number of carbonyl (C=O) groups excluding carboxylic acids is 1. The van der Waals surface area contributed by atoms with Crippen LogP contribution in [0.15, 0.2) is 36.7 Å². The molecule has 0 fully saturated rings. The fourth-order valence-electron chi connectivity index (χ4n) is 2.65. The quantitative estimate of drug-likeness (QED) is 0.673. The smallest absolute Gasteiger partial charge is 0.249 e. The zero-order valence-corrected chi connectivity index (χ0v) is 15.0. The Hall–Kier alpha value is -3.86. The van der Waals surface area contributed by atoms with Gasteiger partial charge in [-0.25, -0.2) is 8.78 Å². The lowest BCUT2D eigenvalue weighted by Gasteiger charge is -2.04. The van der Waals surface area contributed by atoms with Gasteiger partial charge in [-0.05, 0) is 49.2 Å². The van der Waals surface area contributed by atoms with E-state index in [1.54, 1.807) is 12.4 Å². The third kappa shape index (κ3) is 3.78. The molecule has 0 aliphatic heterocycles. The molecule has 0 radical (unpaired) electrons. The Kier molecular flexibility index (Phi) is 5.27. The van der Waals surface area contributed by atoms with Crippen LogP contribution in [0.2, 0.25) is 0 Å². The second-order valence-corrected chi connectivity index (χ2v) is 6.06. The molecule has 0 aliphatic carbocycles. The van der Waals surface area contributed by atoms with E-state index < -0.39 is 23.1 Å². The van der Waals surface area contributed by atoms with Crippen molar-refractivity contribution >= 4 is 17.8 Å². The topological polar surface area (TPSA) is 94.5 Å². The van der Waals surface area contributed by atoms with Gasteiger partial charge in [-0.1, -0.05) is 0 Å². The summed E-state index contributed by atoms with van der Waals surface area (Å²) in [7, 11) is 0. The Labute approximate surface area is 159 Å². The van der Waals surface area contributed by atoms with Gasteiger partial charge in [0.1, 0.15) is 29.1 Å². The van der Waals surface area contributed by atoms with E-state index in [1.807, 2.05) is 19.9 Å². The van der Waals surface area contributed by atoms with Crippen LogP contribution in [0.5, 0.6) is 0 Å². The number of nitrogens with one attached hydrogen (secondary N) is 2. The molecule has 8 heteroatoms. The minimum Gasteiger partial charge on any atom is -0.307 e. The fourth-order valence-corrected chi connectivity index (χ4v) is 2.65. The third-order valence-corrected chi connectivity index (χ3v) is 4.14. The lowest BCUT2D eigenvalue weighted by atomic mass is 10.1. The molecule has 3 rings (SSSR count). The molecule has 140 valence electrons. The predicted molar refractivity (Wildman–Crippen MR) is 100 cm³/mol. The Bertz CT molecular complexity index is 1100. The van der Waals surface area contributed by atoms with E-state index >= 15 is 0 Å². The van der Waals surface area contributed by atoms with Gasteiger partial charge >= 0.3 is 0 Å². The van der Waals surface area contributed by atoms with Gasteiger partial charge < -0.3 is 5.32 Å². The van der Waals surface area contributed by atoms with Crippen LogP contribution < -0.4 is 5.32 Å². The summed E-state index contributed by atoms with van der Waals surface area (Å²) in [6.07, 6.45) is 5.77. The number of H-pyrrole nitrogens is 1. The van der Waals surface area contributed by atoms with Crippen LogP contribution in [0.25, 0.3) is 17.3 Å². The van der Waals surface area contributed by atoms with Crippen LogP contribution in [0.3, 0.4) is 0 Å². The van der Waals surface area contributed by atoms with E-state index in [2.05, 4.69) is 20.5 Å². The highest BCUT2D eigenvalue weighted by atomic mass is 19.1. The van der Waals surface area contributed by atoms with Crippen LogP contribution in [0.4, 0.5) is 14.6 Å². The van der Waals surface area contributed by atoms with Gasteiger partial charge in [-0.15, -0.1) is 0 Å². The van der Waals surface area contributed by atoms with Crippen molar-refractivity contribution in [2.75, 3.05) is 5.32 Å². The van der Waals surface area contributed by atoms with Gasteiger partial charge in [0.2, 0.25) is 5.91 Å². The summed E-state index contributed by atoms with van der Waals surface area (Å²) < 4.78 is 27.2. The molecule has 1 aromatic carbocycles. The number of halogens is 2. The van der Waals surface area contributed by atoms with Gasteiger partial charge in [-0.2, -0.15) is 10.4 Å². The summed E-state index contributed by atoms with van der Waals surface area (Å²) in [5.41, 5.74) is 2.73. The Morgan fingerprint density at radius 1 is 1.29 bits per heavy atom. The first-order valence-corrected chi connectivity index (χ1v) is 8.25. The fraction of sp³-hybridized carbons (Fsp3) is 0.100. The minimum absolute atomic E-state index is 0.124. The summed E-state index contributed by atoms with van der Waals surface area (Å²) in [4.78, 5) is 16.2. The van der Waals surface area contributed by atoms with Gasteiger partial charge in [0, 0.05) is 29.6 Å². The van der Waals surface area contributed by atoms with Crippen LogP contribution in [-0.2, 0) is 4.79 Å². The molecule has 1 amide bonds. The highest BCUT2D eigenvalue weighted by Crippen LogP contribution is 2.27. The predicted octanol–water partition coefficient (Wildman–Crippen LogP) is 3.89. The zero-order chi connectivity index (χ0) is 20.3. The molecule has 2 aromatic heterocycles. The monoisotopic (exact) mass is 379 g/mol. The van der Waals surface area contributed by atoms with Crippen molar-refractivity contribution < 1.29 is 13.6 Å². The molecule has 28 heavy (non-hydrogen) atoms. The van der Waals surface area contributed by atoms with Crippen molar-refractivity contribution in [1.29, 1.82) is 5.26 Å². The number of aromatic amines is 1. The van der Waals surface area contributed by atoms with Crippen LogP contribution in [0, 0.1) is 36.8 Å². The second kappa shape index (κ2) is 7.80. The number of hydrogen-bond donors (Lipinski definition) is 2. The van der Waals surface area contributed by atoms with E-state index in [0.29, 0.717) is 11.5 Å². The second-order valence-electron chi connectivity index (χ2n) is 6.06.